The van der Waals surface area contributed by atoms with Gasteiger partial charge < -0.3 is 4.74 Å². The van der Waals surface area contributed by atoms with Crippen LogP contribution < -0.4 is 4.74 Å². The third-order valence-electron chi connectivity index (χ3n) is 7.93. The van der Waals surface area contributed by atoms with E-state index in [1.165, 1.54) is 35.4 Å². The molecule has 0 aliphatic heterocycles. The van der Waals surface area contributed by atoms with E-state index in [1.54, 1.807) is 0 Å². The van der Waals surface area contributed by atoms with E-state index in [2.05, 4.69) is 13.0 Å². The molecule has 31 heavy (non-hydrogen) atoms. The third-order valence-corrected chi connectivity index (χ3v) is 7.93. The fraction of sp³-hybridized carbons (Fsp3) is 0.440. The predicted octanol–water partition coefficient (Wildman–Crippen LogP) is 5.24. The Morgan fingerprint density at radius 2 is 1.87 bits per heavy atom. The standard InChI is InChI=1S/C25H25NO5/c1-25-13-12-20-19-9-7-18(31-24(28)15-2-5-17(6-3-15)26(29)30)14-16(19)4-8-21(20)22(25)10-11-23(25)27/h2-3,5-7,9,14,20-22H,4,8,10-13H2,1H3/t20-,21-,22-,25+/m0/s1. The SMILES string of the molecule is C[C@@]12CC[C@H]3c4ccc(OC(=O)c5ccc([N+](=O)[O-])cc5)cc4CC[C@@H]3[C@@H]1CCC2=O. The molecule has 0 amide bonds. The molecular weight excluding hydrogens is 394 g/mol. The van der Waals surface area contributed by atoms with Gasteiger partial charge >= 0.3 is 5.97 Å². The van der Waals surface area contributed by atoms with E-state index in [1.807, 2.05) is 12.1 Å². The average molecular weight is 419 g/mol. The van der Waals surface area contributed by atoms with Gasteiger partial charge in [0.05, 0.1) is 10.5 Å². The third kappa shape index (κ3) is 3.25. The van der Waals surface area contributed by atoms with E-state index in [0.717, 1.165) is 38.5 Å². The van der Waals surface area contributed by atoms with Gasteiger partial charge in [0.15, 0.2) is 0 Å². The molecule has 3 aliphatic rings. The molecule has 2 aromatic carbocycles. The van der Waals surface area contributed by atoms with Crippen molar-refractivity contribution in [3.05, 3.63) is 69.3 Å². The monoisotopic (exact) mass is 419 g/mol. The number of esters is 1. The highest BCUT2D eigenvalue weighted by molar-refractivity contribution is 5.91. The zero-order valence-electron chi connectivity index (χ0n) is 17.5. The maximum Gasteiger partial charge on any atom is 0.343 e. The number of aryl methyl sites for hydroxylation is 1. The summed E-state index contributed by atoms with van der Waals surface area (Å²) in [7, 11) is 0. The number of nitrogens with zero attached hydrogens (tertiary/aromatic N) is 1. The zero-order chi connectivity index (χ0) is 21.8. The number of rotatable bonds is 3. The second-order valence-electron chi connectivity index (χ2n) is 9.39. The smallest absolute Gasteiger partial charge is 0.343 e. The normalized spacial score (nSPS) is 28.9. The highest BCUT2D eigenvalue weighted by atomic mass is 16.6. The van der Waals surface area contributed by atoms with Crippen LogP contribution in [0.2, 0.25) is 0 Å². The summed E-state index contributed by atoms with van der Waals surface area (Å²) in [6, 6.07) is 11.3. The molecule has 6 heteroatoms. The fourth-order valence-corrected chi connectivity index (χ4v) is 6.28. The number of nitro groups is 1. The highest BCUT2D eigenvalue weighted by Crippen LogP contribution is 2.59. The summed E-state index contributed by atoms with van der Waals surface area (Å²) >= 11 is 0. The molecule has 160 valence electrons. The largest absolute Gasteiger partial charge is 0.423 e. The lowest BCUT2D eigenvalue weighted by atomic mass is 9.55. The van der Waals surface area contributed by atoms with Crippen LogP contribution in [-0.2, 0) is 11.2 Å². The van der Waals surface area contributed by atoms with Crippen LogP contribution in [-0.4, -0.2) is 16.7 Å². The summed E-state index contributed by atoms with van der Waals surface area (Å²) in [6.45, 7) is 2.18. The number of carbonyl (C=O) groups excluding carboxylic acids is 2. The molecule has 0 radical (unpaired) electrons. The van der Waals surface area contributed by atoms with Gasteiger partial charge in [0.25, 0.3) is 5.69 Å². The van der Waals surface area contributed by atoms with E-state index in [9.17, 15) is 19.7 Å². The van der Waals surface area contributed by atoms with Crippen LogP contribution >= 0.6 is 0 Å². The van der Waals surface area contributed by atoms with Gasteiger partial charge in [0, 0.05) is 24.0 Å². The lowest BCUT2D eigenvalue weighted by molar-refractivity contribution is -0.384. The van der Waals surface area contributed by atoms with Gasteiger partial charge in [-0.1, -0.05) is 13.0 Å². The Bertz CT molecular complexity index is 1080. The van der Waals surface area contributed by atoms with E-state index in [4.69, 9.17) is 4.74 Å². The fourth-order valence-electron chi connectivity index (χ4n) is 6.28. The van der Waals surface area contributed by atoms with Gasteiger partial charge in [-0.3, -0.25) is 14.9 Å². The quantitative estimate of drug-likeness (QED) is 0.294. The predicted molar refractivity (Wildman–Crippen MR) is 114 cm³/mol. The first kappa shape index (κ1) is 19.9. The Hall–Kier alpha value is -3.02. The van der Waals surface area contributed by atoms with E-state index < -0.39 is 10.9 Å². The minimum atomic E-state index is -0.526. The van der Waals surface area contributed by atoms with Crippen molar-refractivity contribution in [1.29, 1.82) is 0 Å². The number of ketones is 1. The van der Waals surface area contributed by atoms with Gasteiger partial charge in [-0.25, -0.2) is 4.79 Å². The van der Waals surface area contributed by atoms with Crippen molar-refractivity contribution in [1.82, 2.24) is 0 Å². The Morgan fingerprint density at radius 3 is 2.61 bits per heavy atom. The number of hydrogen-bond acceptors (Lipinski definition) is 5. The number of nitro benzene ring substituents is 1. The highest BCUT2D eigenvalue weighted by Gasteiger charge is 2.54. The van der Waals surface area contributed by atoms with Crippen LogP contribution in [0.5, 0.6) is 5.75 Å². The van der Waals surface area contributed by atoms with Crippen LogP contribution in [0.4, 0.5) is 5.69 Å². The first-order valence-corrected chi connectivity index (χ1v) is 11.0. The van der Waals surface area contributed by atoms with Crippen LogP contribution in [0.3, 0.4) is 0 Å². The summed E-state index contributed by atoms with van der Waals surface area (Å²) in [5.74, 6) is 1.96. The Morgan fingerprint density at radius 1 is 1.10 bits per heavy atom. The van der Waals surface area contributed by atoms with Gasteiger partial charge in [-0.2, -0.15) is 0 Å². The number of fused-ring (bicyclic) bond motifs is 5. The molecular formula is C25H25NO5. The van der Waals surface area contributed by atoms with E-state index in [-0.39, 0.29) is 16.7 Å². The van der Waals surface area contributed by atoms with Gasteiger partial charge in [-0.05, 0) is 85.3 Å². The molecule has 0 unspecified atom stereocenters. The molecule has 0 aromatic heterocycles. The Balaban J connectivity index is 1.34. The number of ether oxygens (including phenoxy) is 1. The topological polar surface area (TPSA) is 86.5 Å². The van der Waals surface area contributed by atoms with Crippen LogP contribution in [0.15, 0.2) is 42.5 Å². The Labute approximate surface area is 180 Å². The second-order valence-corrected chi connectivity index (χ2v) is 9.39. The molecule has 0 bridgehead atoms. The van der Waals surface area contributed by atoms with Crippen molar-refractivity contribution in [2.24, 2.45) is 17.3 Å². The molecule has 0 N–H and O–H groups in total. The van der Waals surface area contributed by atoms with E-state index >= 15 is 0 Å². The number of benzene rings is 2. The maximum atomic E-state index is 12.5. The first-order chi connectivity index (χ1) is 14.9. The Kier molecular flexibility index (Phi) is 4.68. The summed E-state index contributed by atoms with van der Waals surface area (Å²) in [4.78, 5) is 35.2. The van der Waals surface area contributed by atoms with Crippen LogP contribution in [0, 0.1) is 27.4 Å². The maximum absolute atomic E-state index is 12.5. The van der Waals surface area contributed by atoms with Crippen molar-refractivity contribution >= 4 is 17.4 Å². The molecule has 3 aliphatic carbocycles. The molecule has 2 saturated carbocycles. The zero-order valence-corrected chi connectivity index (χ0v) is 17.5. The molecule has 0 heterocycles. The molecule has 2 aromatic rings. The number of carbonyl (C=O) groups is 2. The minimum absolute atomic E-state index is 0.0626. The molecule has 0 spiro atoms. The lowest BCUT2D eigenvalue weighted by Crippen LogP contribution is -2.42. The van der Waals surface area contributed by atoms with Crippen LogP contribution in [0.1, 0.15) is 66.4 Å². The number of Topliss-reactive ketones (excluding diaryl/α,β-unsaturated/α-hetero) is 1. The van der Waals surface area contributed by atoms with Crippen molar-refractivity contribution in [3.63, 3.8) is 0 Å². The van der Waals surface area contributed by atoms with Crippen molar-refractivity contribution in [3.8, 4) is 5.75 Å². The van der Waals surface area contributed by atoms with Gasteiger partial charge in [0.1, 0.15) is 11.5 Å². The van der Waals surface area contributed by atoms with E-state index in [0.29, 0.717) is 29.3 Å². The summed E-state index contributed by atoms with van der Waals surface area (Å²) < 4.78 is 5.55. The van der Waals surface area contributed by atoms with Crippen molar-refractivity contribution < 1.29 is 19.2 Å². The van der Waals surface area contributed by atoms with Gasteiger partial charge in [-0.15, -0.1) is 0 Å². The summed E-state index contributed by atoms with van der Waals surface area (Å²) in [6.07, 6.45) is 5.77. The van der Waals surface area contributed by atoms with Crippen molar-refractivity contribution in [2.45, 2.75) is 51.4 Å². The second kappa shape index (κ2) is 7.29. The van der Waals surface area contributed by atoms with Crippen LogP contribution in [0.25, 0.3) is 0 Å². The van der Waals surface area contributed by atoms with Gasteiger partial charge in [0.2, 0.25) is 0 Å². The molecule has 0 saturated heterocycles. The number of hydrogen-bond donors (Lipinski definition) is 0. The molecule has 2 fully saturated rings. The van der Waals surface area contributed by atoms with Crippen molar-refractivity contribution in [2.75, 3.05) is 0 Å². The molecule has 4 atom stereocenters. The lowest BCUT2D eigenvalue weighted by Gasteiger charge is -2.48. The average Bonchev–Trinajstić information content (AvgIpc) is 3.08. The summed E-state index contributed by atoms with van der Waals surface area (Å²) in [5.41, 5.74) is 2.66. The minimum Gasteiger partial charge on any atom is -0.423 e. The first-order valence-electron chi connectivity index (χ1n) is 11.0. The number of non-ortho nitro benzene ring substituents is 1. The summed E-state index contributed by atoms with van der Waals surface area (Å²) in [5, 5.41) is 10.8. The molecule has 5 rings (SSSR count). The molecule has 6 nitrogen and oxygen atoms in total.